The molecule has 268 valence electrons. The normalized spacial score (nSPS) is 12.0. The van der Waals surface area contributed by atoms with Gasteiger partial charge < -0.3 is 14.2 Å². The van der Waals surface area contributed by atoms with Gasteiger partial charge in [0, 0.05) is 27.7 Å². The Labute approximate surface area is 331 Å². The molecule has 0 bridgehead atoms. The number of nitrogens with zero attached hydrogens (tertiary/aromatic N) is 2. The zero-order valence-corrected chi connectivity index (χ0v) is 31.1. The van der Waals surface area contributed by atoms with Gasteiger partial charge in [-0.25, -0.2) is 0 Å². The zero-order valence-electron chi connectivity index (χ0n) is 31.1. The minimum absolute atomic E-state index is 0.822. The van der Waals surface area contributed by atoms with Gasteiger partial charge in [-0.2, -0.15) is 0 Å². The number of hydrogen-bond acceptors (Lipinski definition) is 2. The summed E-state index contributed by atoms with van der Waals surface area (Å²) >= 11 is 0. The fourth-order valence-electron chi connectivity index (χ4n) is 8.46. The van der Waals surface area contributed by atoms with Crippen LogP contribution >= 0.6 is 0 Å². The first-order valence-electron chi connectivity index (χ1n) is 19.4. The Kier molecular flexibility index (Phi) is 7.82. The molecule has 0 atom stereocenters. The second-order valence-corrected chi connectivity index (χ2v) is 14.6. The number of anilines is 3. The maximum absolute atomic E-state index is 6.78. The molecule has 0 N–H and O–H groups in total. The topological polar surface area (TPSA) is 17.4 Å². The van der Waals surface area contributed by atoms with Gasteiger partial charge in [-0.05, 0) is 106 Å². The van der Waals surface area contributed by atoms with Crippen molar-refractivity contribution in [3.8, 4) is 61.7 Å². The van der Waals surface area contributed by atoms with Gasteiger partial charge in [0.2, 0.25) is 0 Å². The van der Waals surface area contributed by atoms with Crippen LogP contribution < -0.4 is 9.64 Å². The van der Waals surface area contributed by atoms with Crippen LogP contribution in [-0.2, 0) is 0 Å². The van der Waals surface area contributed by atoms with Crippen molar-refractivity contribution < 1.29 is 4.74 Å². The summed E-state index contributed by atoms with van der Waals surface area (Å²) in [6, 6.07) is 78.0. The number of benzene rings is 9. The van der Waals surface area contributed by atoms with E-state index in [0.717, 1.165) is 56.5 Å². The average molecular weight is 729 g/mol. The standard InChI is InChI=1S/C54H36N2O/c1-5-15-37(16-6-1)41-25-31-50-52(35-41)57-53-36-42(38-17-7-2-8-18-38)26-32-51(53)55(50)44-27-29-45(30-28-44)56-49-24-14-13-23-46(49)48-34-43(39-19-9-3-10-20-39)33-47(54(48)56)40-21-11-4-12-22-40/h1-36H. The van der Waals surface area contributed by atoms with Crippen LogP contribution in [0.1, 0.15) is 0 Å². The van der Waals surface area contributed by atoms with Crippen molar-refractivity contribution in [3.63, 3.8) is 0 Å². The van der Waals surface area contributed by atoms with Crippen LogP contribution in [0.25, 0.3) is 72.0 Å². The number of aromatic nitrogens is 1. The summed E-state index contributed by atoms with van der Waals surface area (Å²) < 4.78 is 9.22. The second-order valence-electron chi connectivity index (χ2n) is 14.6. The molecular weight excluding hydrogens is 693 g/mol. The first kappa shape index (κ1) is 32.8. The summed E-state index contributed by atoms with van der Waals surface area (Å²) in [5, 5.41) is 2.46. The summed E-state index contributed by atoms with van der Waals surface area (Å²) in [7, 11) is 0. The van der Waals surface area contributed by atoms with E-state index in [1.807, 2.05) is 0 Å². The molecular formula is C54H36N2O. The molecule has 0 fully saturated rings. The molecule has 0 saturated carbocycles. The first-order valence-corrected chi connectivity index (χ1v) is 19.4. The van der Waals surface area contributed by atoms with Gasteiger partial charge in [0.05, 0.1) is 22.4 Å². The molecule has 0 amide bonds. The van der Waals surface area contributed by atoms with E-state index in [1.54, 1.807) is 0 Å². The van der Waals surface area contributed by atoms with E-state index in [1.165, 1.54) is 44.1 Å². The Hall–Kier alpha value is -7.62. The summed E-state index contributed by atoms with van der Waals surface area (Å²) in [5.74, 6) is 1.64. The quantitative estimate of drug-likeness (QED) is 0.170. The highest BCUT2D eigenvalue weighted by Crippen LogP contribution is 2.52. The fourth-order valence-corrected chi connectivity index (χ4v) is 8.46. The van der Waals surface area contributed by atoms with Gasteiger partial charge in [0.25, 0.3) is 0 Å². The van der Waals surface area contributed by atoms with Crippen molar-refractivity contribution >= 4 is 38.9 Å². The lowest BCUT2D eigenvalue weighted by Gasteiger charge is -2.33. The first-order chi connectivity index (χ1) is 28.3. The monoisotopic (exact) mass is 728 g/mol. The van der Waals surface area contributed by atoms with Gasteiger partial charge in [0.1, 0.15) is 0 Å². The van der Waals surface area contributed by atoms with Crippen LogP contribution in [0.15, 0.2) is 218 Å². The number of rotatable bonds is 6. The van der Waals surface area contributed by atoms with E-state index in [4.69, 9.17) is 4.74 Å². The van der Waals surface area contributed by atoms with Crippen molar-refractivity contribution in [3.05, 3.63) is 218 Å². The van der Waals surface area contributed by atoms with Crippen molar-refractivity contribution in [1.82, 2.24) is 4.57 Å². The average Bonchev–Trinajstić information content (AvgIpc) is 3.63. The molecule has 10 aromatic rings. The Balaban J connectivity index is 1.08. The third-order valence-corrected chi connectivity index (χ3v) is 11.2. The largest absolute Gasteiger partial charge is 0.453 e. The Morgan fingerprint density at radius 1 is 0.316 bits per heavy atom. The molecule has 11 rings (SSSR count). The van der Waals surface area contributed by atoms with Crippen molar-refractivity contribution in [2.24, 2.45) is 0 Å². The highest BCUT2D eigenvalue weighted by atomic mass is 16.5. The predicted molar refractivity (Wildman–Crippen MR) is 237 cm³/mol. The number of hydrogen-bond donors (Lipinski definition) is 0. The third kappa shape index (κ3) is 5.68. The number of ether oxygens (including phenoxy) is 1. The summed E-state index contributed by atoms with van der Waals surface area (Å²) in [6.45, 7) is 0. The van der Waals surface area contributed by atoms with Crippen molar-refractivity contribution in [2.45, 2.75) is 0 Å². The molecule has 57 heavy (non-hydrogen) atoms. The molecule has 2 heterocycles. The zero-order chi connectivity index (χ0) is 37.7. The van der Waals surface area contributed by atoms with Crippen LogP contribution in [-0.4, -0.2) is 4.57 Å². The molecule has 1 aliphatic rings. The molecule has 0 radical (unpaired) electrons. The molecule has 1 aliphatic heterocycles. The van der Waals surface area contributed by atoms with Gasteiger partial charge in [0.15, 0.2) is 11.5 Å². The minimum Gasteiger partial charge on any atom is -0.453 e. The SMILES string of the molecule is c1ccc(-c2ccc3c(c2)Oc2cc(-c4ccccc4)ccc2N3c2ccc(-n3c4ccccc4c4cc(-c5ccccc5)cc(-c5ccccc5)c43)cc2)cc1. The lowest BCUT2D eigenvalue weighted by molar-refractivity contribution is 0.477. The molecule has 0 unspecified atom stereocenters. The number of para-hydroxylation sites is 1. The molecule has 0 spiro atoms. The highest BCUT2D eigenvalue weighted by Gasteiger charge is 2.27. The second kappa shape index (κ2) is 13.6. The molecule has 9 aromatic carbocycles. The van der Waals surface area contributed by atoms with Crippen molar-refractivity contribution in [2.75, 3.05) is 4.90 Å². The molecule has 0 saturated heterocycles. The van der Waals surface area contributed by atoms with Crippen LogP contribution in [0, 0.1) is 0 Å². The number of fused-ring (bicyclic) bond motifs is 5. The van der Waals surface area contributed by atoms with E-state index < -0.39 is 0 Å². The van der Waals surface area contributed by atoms with Crippen LogP contribution in [0.2, 0.25) is 0 Å². The van der Waals surface area contributed by atoms with E-state index in [-0.39, 0.29) is 0 Å². The summed E-state index contributed by atoms with van der Waals surface area (Å²) in [4.78, 5) is 2.33. The van der Waals surface area contributed by atoms with E-state index in [2.05, 4.69) is 228 Å². The van der Waals surface area contributed by atoms with Gasteiger partial charge >= 0.3 is 0 Å². The lowest BCUT2D eigenvalue weighted by atomic mass is 9.95. The van der Waals surface area contributed by atoms with E-state index in [0.29, 0.717) is 0 Å². The third-order valence-electron chi connectivity index (χ3n) is 11.2. The fraction of sp³-hybridized carbons (Fsp3) is 0. The van der Waals surface area contributed by atoms with Crippen LogP contribution in [0.3, 0.4) is 0 Å². The minimum atomic E-state index is 0.822. The molecule has 3 heteroatoms. The molecule has 1 aromatic heterocycles. The van der Waals surface area contributed by atoms with Gasteiger partial charge in [-0.3, -0.25) is 0 Å². The smallest absolute Gasteiger partial charge is 0.152 e. The maximum atomic E-state index is 6.78. The van der Waals surface area contributed by atoms with E-state index >= 15 is 0 Å². The summed E-state index contributed by atoms with van der Waals surface area (Å²) in [5.41, 5.74) is 15.9. The maximum Gasteiger partial charge on any atom is 0.152 e. The molecule has 0 aliphatic carbocycles. The predicted octanol–water partition coefficient (Wildman–Crippen LogP) is 15.0. The van der Waals surface area contributed by atoms with Crippen LogP contribution in [0.5, 0.6) is 11.5 Å². The Morgan fingerprint density at radius 3 is 1.35 bits per heavy atom. The van der Waals surface area contributed by atoms with E-state index in [9.17, 15) is 0 Å². The van der Waals surface area contributed by atoms with Crippen molar-refractivity contribution in [1.29, 1.82) is 0 Å². The molecule has 3 nitrogen and oxygen atoms in total. The highest BCUT2D eigenvalue weighted by molar-refractivity contribution is 6.15. The van der Waals surface area contributed by atoms with Gasteiger partial charge in [-0.15, -0.1) is 0 Å². The lowest BCUT2D eigenvalue weighted by Crippen LogP contribution is -2.16. The Bertz CT molecular complexity index is 2970. The summed E-state index contributed by atoms with van der Waals surface area (Å²) in [6.07, 6.45) is 0. The van der Waals surface area contributed by atoms with Gasteiger partial charge in [-0.1, -0.05) is 152 Å². The Morgan fingerprint density at radius 2 is 0.789 bits per heavy atom. The van der Waals surface area contributed by atoms with Crippen LogP contribution in [0.4, 0.5) is 17.1 Å².